The molecule has 0 saturated heterocycles. The van der Waals surface area contributed by atoms with E-state index < -0.39 is 0 Å². The second-order valence-corrected chi connectivity index (χ2v) is 4.63. The monoisotopic (exact) mass is 286 g/mol. The van der Waals surface area contributed by atoms with E-state index in [1.165, 1.54) is 14.5 Å². The highest BCUT2D eigenvalue weighted by atomic mass is 127. The summed E-state index contributed by atoms with van der Waals surface area (Å²) in [6.07, 6.45) is 1.92. The van der Waals surface area contributed by atoms with Crippen LogP contribution in [0.4, 0.5) is 0 Å². The van der Waals surface area contributed by atoms with Gasteiger partial charge in [0.25, 0.3) is 0 Å². The Kier molecular flexibility index (Phi) is 2.27. The van der Waals surface area contributed by atoms with Crippen molar-refractivity contribution in [1.29, 1.82) is 0 Å². The molecule has 1 aromatic heterocycles. The van der Waals surface area contributed by atoms with Crippen molar-refractivity contribution in [3.8, 4) is 0 Å². The van der Waals surface area contributed by atoms with Crippen molar-refractivity contribution in [3.63, 3.8) is 0 Å². The molecule has 0 bridgehead atoms. The molecular formula is C10H11IN2. The highest BCUT2D eigenvalue weighted by Gasteiger charge is 2.04. The molecule has 68 valence electrons. The van der Waals surface area contributed by atoms with Crippen LogP contribution in [0, 0.1) is 3.57 Å². The number of benzene rings is 1. The second-order valence-electron chi connectivity index (χ2n) is 3.39. The van der Waals surface area contributed by atoms with Crippen molar-refractivity contribution in [3.05, 3.63) is 28.0 Å². The summed E-state index contributed by atoms with van der Waals surface area (Å²) in [5, 5.41) is 5.57. The summed E-state index contributed by atoms with van der Waals surface area (Å²) in [6, 6.07) is 6.82. The number of halogens is 1. The SMILES string of the molecule is CC(C)n1ncc2ccc(I)cc21. The third kappa shape index (κ3) is 1.57. The molecule has 0 unspecified atom stereocenters. The summed E-state index contributed by atoms with van der Waals surface area (Å²) in [5.74, 6) is 0. The van der Waals surface area contributed by atoms with Crippen LogP contribution in [-0.2, 0) is 0 Å². The molecule has 0 spiro atoms. The van der Waals surface area contributed by atoms with E-state index in [-0.39, 0.29) is 0 Å². The highest BCUT2D eigenvalue weighted by molar-refractivity contribution is 14.1. The molecule has 1 aromatic carbocycles. The van der Waals surface area contributed by atoms with Crippen molar-refractivity contribution in [2.24, 2.45) is 0 Å². The first-order valence-corrected chi connectivity index (χ1v) is 5.39. The highest BCUT2D eigenvalue weighted by Crippen LogP contribution is 2.19. The molecule has 2 nitrogen and oxygen atoms in total. The fourth-order valence-electron chi connectivity index (χ4n) is 1.42. The molecule has 0 aliphatic heterocycles. The first-order chi connectivity index (χ1) is 6.18. The number of hydrogen-bond donors (Lipinski definition) is 0. The van der Waals surface area contributed by atoms with Gasteiger partial charge < -0.3 is 0 Å². The van der Waals surface area contributed by atoms with E-state index in [1.54, 1.807) is 0 Å². The summed E-state index contributed by atoms with van der Waals surface area (Å²) >= 11 is 2.32. The molecule has 13 heavy (non-hydrogen) atoms. The van der Waals surface area contributed by atoms with Crippen LogP contribution in [0.15, 0.2) is 24.4 Å². The summed E-state index contributed by atoms with van der Waals surface area (Å²) in [6.45, 7) is 4.29. The number of aromatic nitrogens is 2. The van der Waals surface area contributed by atoms with E-state index in [9.17, 15) is 0 Å². The van der Waals surface area contributed by atoms with Crippen LogP contribution in [0.3, 0.4) is 0 Å². The van der Waals surface area contributed by atoms with Gasteiger partial charge in [-0.2, -0.15) is 5.10 Å². The molecule has 0 saturated carbocycles. The van der Waals surface area contributed by atoms with Gasteiger partial charge in [-0.25, -0.2) is 0 Å². The Hall–Kier alpha value is -0.580. The van der Waals surface area contributed by atoms with Crippen molar-refractivity contribution >= 4 is 33.5 Å². The molecule has 0 aliphatic carbocycles. The first kappa shape index (κ1) is 8.99. The zero-order valence-electron chi connectivity index (χ0n) is 7.66. The molecule has 0 amide bonds. The smallest absolute Gasteiger partial charge is 0.0695 e. The topological polar surface area (TPSA) is 17.8 Å². The normalized spacial score (nSPS) is 11.4. The van der Waals surface area contributed by atoms with Crippen molar-refractivity contribution < 1.29 is 0 Å². The van der Waals surface area contributed by atoms with Gasteiger partial charge >= 0.3 is 0 Å². The van der Waals surface area contributed by atoms with Gasteiger partial charge in [-0.1, -0.05) is 6.07 Å². The minimum atomic E-state index is 0.427. The third-order valence-electron chi connectivity index (χ3n) is 2.05. The van der Waals surface area contributed by atoms with Gasteiger partial charge in [-0.3, -0.25) is 4.68 Å². The molecule has 1 heterocycles. The average Bonchev–Trinajstić information content (AvgIpc) is 2.46. The van der Waals surface area contributed by atoms with Gasteiger partial charge in [0.2, 0.25) is 0 Å². The molecule has 0 atom stereocenters. The number of fused-ring (bicyclic) bond motifs is 1. The van der Waals surface area contributed by atoms with Crippen molar-refractivity contribution in [2.75, 3.05) is 0 Å². The Morgan fingerprint density at radius 3 is 2.85 bits per heavy atom. The Labute approximate surface area is 91.1 Å². The fraction of sp³-hybridized carbons (Fsp3) is 0.300. The van der Waals surface area contributed by atoms with E-state index in [0.29, 0.717) is 6.04 Å². The molecule has 0 N–H and O–H groups in total. The van der Waals surface area contributed by atoms with Gasteiger partial charge in [0.1, 0.15) is 0 Å². The average molecular weight is 286 g/mol. The van der Waals surface area contributed by atoms with Crippen LogP contribution in [0.1, 0.15) is 19.9 Å². The van der Waals surface area contributed by atoms with Crippen molar-refractivity contribution in [2.45, 2.75) is 19.9 Å². The minimum absolute atomic E-state index is 0.427. The van der Waals surface area contributed by atoms with E-state index in [4.69, 9.17) is 0 Å². The van der Waals surface area contributed by atoms with Crippen LogP contribution in [0.2, 0.25) is 0 Å². The molecule has 2 rings (SSSR count). The maximum Gasteiger partial charge on any atom is 0.0695 e. The summed E-state index contributed by atoms with van der Waals surface area (Å²) in [4.78, 5) is 0. The fourth-order valence-corrected chi connectivity index (χ4v) is 1.90. The van der Waals surface area contributed by atoms with E-state index >= 15 is 0 Å². The predicted molar refractivity (Wildman–Crippen MR) is 62.8 cm³/mol. The predicted octanol–water partition coefficient (Wildman–Crippen LogP) is 3.22. The summed E-state index contributed by atoms with van der Waals surface area (Å²) in [5.41, 5.74) is 1.22. The largest absolute Gasteiger partial charge is 0.262 e. The molecule has 3 heteroatoms. The maximum atomic E-state index is 4.35. The lowest BCUT2D eigenvalue weighted by molar-refractivity contribution is 0.551. The van der Waals surface area contributed by atoms with E-state index in [2.05, 4.69) is 64.4 Å². The van der Waals surface area contributed by atoms with Crippen LogP contribution >= 0.6 is 22.6 Å². The molecule has 0 radical (unpaired) electrons. The van der Waals surface area contributed by atoms with E-state index in [0.717, 1.165) is 0 Å². The van der Waals surface area contributed by atoms with Gasteiger partial charge in [0, 0.05) is 15.0 Å². The van der Waals surface area contributed by atoms with E-state index in [1.807, 2.05) is 6.20 Å². The Morgan fingerprint density at radius 2 is 2.15 bits per heavy atom. The number of rotatable bonds is 1. The van der Waals surface area contributed by atoms with Gasteiger partial charge in [0.05, 0.1) is 11.7 Å². The quantitative estimate of drug-likeness (QED) is 0.736. The van der Waals surface area contributed by atoms with Gasteiger partial charge in [0.15, 0.2) is 0 Å². The Balaban J connectivity index is 2.71. The zero-order valence-corrected chi connectivity index (χ0v) is 9.82. The van der Waals surface area contributed by atoms with Crippen LogP contribution < -0.4 is 0 Å². The number of hydrogen-bond acceptors (Lipinski definition) is 1. The van der Waals surface area contributed by atoms with Crippen molar-refractivity contribution in [1.82, 2.24) is 9.78 Å². The lowest BCUT2D eigenvalue weighted by Gasteiger charge is -2.06. The van der Waals surface area contributed by atoms with Gasteiger partial charge in [-0.15, -0.1) is 0 Å². The second kappa shape index (κ2) is 3.29. The minimum Gasteiger partial charge on any atom is -0.262 e. The Bertz CT molecular complexity index is 431. The number of nitrogens with zero attached hydrogens (tertiary/aromatic N) is 2. The Morgan fingerprint density at radius 1 is 1.38 bits per heavy atom. The van der Waals surface area contributed by atoms with Crippen LogP contribution in [0.25, 0.3) is 10.9 Å². The first-order valence-electron chi connectivity index (χ1n) is 4.31. The zero-order chi connectivity index (χ0) is 9.42. The maximum absolute atomic E-state index is 4.35. The molecule has 2 aromatic rings. The summed E-state index contributed by atoms with van der Waals surface area (Å²) < 4.78 is 3.31. The lowest BCUT2D eigenvalue weighted by Crippen LogP contribution is -2.01. The molecule has 0 aliphatic rings. The lowest BCUT2D eigenvalue weighted by atomic mass is 10.2. The molecule has 0 fully saturated rings. The van der Waals surface area contributed by atoms with Gasteiger partial charge in [-0.05, 0) is 48.6 Å². The van der Waals surface area contributed by atoms with Crippen LogP contribution in [0.5, 0.6) is 0 Å². The third-order valence-corrected chi connectivity index (χ3v) is 2.72. The standard InChI is InChI=1S/C10H11IN2/c1-7(2)13-10-5-9(11)4-3-8(10)6-12-13/h3-7H,1-2H3. The molecular weight excluding hydrogens is 275 g/mol. The summed E-state index contributed by atoms with van der Waals surface area (Å²) in [7, 11) is 0. The van der Waals surface area contributed by atoms with Crippen LogP contribution in [-0.4, -0.2) is 9.78 Å².